The third-order valence-corrected chi connectivity index (χ3v) is 9.29. The summed E-state index contributed by atoms with van der Waals surface area (Å²) < 4.78 is 8.66. The van der Waals surface area contributed by atoms with Crippen molar-refractivity contribution in [2.45, 2.75) is 26.7 Å². The van der Waals surface area contributed by atoms with E-state index in [0.29, 0.717) is 76.3 Å². The number of thiazole rings is 1. The van der Waals surface area contributed by atoms with Crippen molar-refractivity contribution in [3.63, 3.8) is 0 Å². The van der Waals surface area contributed by atoms with E-state index in [1.165, 1.54) is 11.3 Å². The Kier molecular flexibility index (Phi) is 11.9. The molecule has 0 radical (unpaired) electrons. The summed E-state index contributed by atoms with van der Waals surface area (Å²) in [7, 11) is 3.45. The summed E-state index contributed by atoms with van der Waals surface area (Å²) >= 11 is 7.27. The molecule has 1 aliphatic rings. The monoisotopic (exact) mass is 707 g/mol. The highest BCUT2D eigenvalue weighted by Gasteiger charge is 2.22. The SMILES string of the molecule is CC(C)CCc1sc(NC(=O)c2cc(NC(=O)c3cc(N=C(N)c4ccc(Cl)cc4)cn3C)cn2C)nc1C(=O)NCCN1CCOCC1. The van der Waals surface area contributed by atoms with E-state index in [1.54, 1.807) is 72.0 Å². The van der Waals surface area contributed by atoms with Gasteiger partial charge in [0, 0.05) is 68.1 Å². The Morgan fingerprint density at radius 1 is 1.00 bits per heavy atom. The maximum atomic E-state index is 13.4. The Bertz CT molecular complexity index is 1820. The molecule has 3 amide bonds. The van der Waals surface area contributed by atoms with E-state index in [0.717, 1.165) is 30.9 Å². The molecule has 0 atom stereocenters. The number of nitrogens with two attached hydrogens (primary N) is 1. The fraction of sp³-hybridized carbons (Fsp3) is 0.382. The van der Waals surface area contributed by atoms with Crippen molar-refractivity contribution < 1.29 is 19.1 Å². The highest BCUT2D eigenvalue weighted by atomic mass is 35.5. The van der Waals surface area contributed by atoms with Crippen LogP contribution in [-0.2, 0) is 25.3 Å². The molecule has 1 aromatic carbocycles. The lowest BCUT2D eigenvalue weighted by atomic mass is 10.1. The van der Waals surface area contributed by atoms with Gasteiger partial charge in [-0.25, -0.2) is 9.98 Å². The molecule has 13 nitrogen and oxygen atoms in total. The molecule has 0 bridgehead atoms. The Labute approximate surface area is 294 Å². The van der Waals surface area contributed by atoms with Gasteiger partial charge in [-0.15, -0.1) is 11.3 Å². The van der Waals surface area contributed by atoms with Gasteiger partial charge < -0.3 is 30.2 Å². The predicted molar refractivity (Wildman–Crippen MR) is 193 cm³/mol. The number of carbonyl (C=O) groups excluding carboxylic acids is 3. The highest BCUT2D eigenvalue weighted by molar-refractivity contribution is 7.16. The third kappa shape index (κ3) is 9.57. The third-order valence-electron chi connectivity index (χ3n) is 8.01. The van der Waals surface area contributed by atoms with Crippen LogP contribution in [0.4, 0.5) is 16.5 Å². The van der Waals surface area contributed by atoms with E-state index >= 15 is 0 Å². The molecular weight excluding hydrogens is 666 g/mol. The number of aliphatic imine (C=N–C) groups is 1. The van der Waals surface area contributed by atoms with Crippen molar-refractivity contribution in [1.29, 1.82) is 0 Å². The first-order valence-electron chi connectivity index (χ1n) is 16.1. The summed E-state index contributed by atoms with van der Waals surface area (Å²) in [6, 6.07) is 10.2. The maximum Gasteiger partial charge on any atom is 0.274 e. The number of amides is 3. The van der Waals surface area contributed by atoms with E-state index < -0.39 is 5.91 Å². The summed E-state index contributed by atoms with van der Waals surface area (Å²) in [5.74, 6) is -0.325. The standard InChI is InChI=1S/C34H42ClN9O4S/c1-21(2)5-10-28-29(33(47)37-11-12-44-13-15-48-16-14-44)40-34(49-28)41-32(46)27-18-25(20-43(27)4)39-31(45)26-17-24(19-42(26)3)38-30(36)22-6-8-23(35)9-7-22/h6-9,17-21H,5,10-16H2,1-4H3,(H2,36,38)(H,37,47)(H,39,45)(H,40,41,46). The number of amidine groups is 1. The van der Waals surface area contributed by atoms with Gasteiger partial charge in [0.15, 0.2) is 5.13 Å². The zero-order chi connectivity index (χ0) is 35.1. The second kappa shape index (κ2) is 16.3. The van der Waals surface area contributed by atoms with E-state index in [1.807, 2.05) is 0 Å². The second-order valence-electron chi connectivity index (χ2n) is 12.3. The van der Waals surface area contributed by atoms with E-state index in [2.05, 4.69) is 44.7 Å². The van der Waals surface area contributed by atoms with Crippen molar-refractivity contribution in [1.82, 2.24) is 24.3 Å². The largest absolute Gasteiger partial charge is 0.383 e. The van der Waals surface area contributed by atoms with E-state index in [4.69, 9.17) is 22.1 Å². The van der Waals surface area contributed by atoms with Crippen LogP contribution in [0, 0.1) is 5.92 Å². The van der Waals surface area contributed by atoms with Crippen LogP contribution in [0.15, 0.2) is 53.8 Å². The van der Waals surface area contributed by atoms with Crippen molar-refractivity contribution >= 4 is 63.0 Å². The lowest BCUT2D eigenvalue weighted by Gasteiger charge is -2.26. The number of rotatable bonds is 13. The van der Waals surface area contributed by atoms with Gasteiger partial charge in [-0.05, 0) is 55.2 Å². The zero-order valence-electron chi connectivity index (χ0n) is 28.1. The first-order chi connectivity index (χ1) is 23.5. The number of anilines is 2. The Hall–Kier alpha value is -4.50. The molecule has 0 saturated carbocycles. The lowest BCUT2D eigenvalue weighted by Crippen LogP contribution is -2.41. The summed E-state index contributed by atoms with van der Waals surface area (Å²) in [6.07, 6.45) is 4.91. The number of hydrogen-bond acceptors (Lipinski definition) is 8. The fourth-order valence-electron chi connectivity index (χ4n) is 5.28. The van der Waals surface area contributed by atoms with Gasteiger partial charge in [0.2, 0.25) is 0 Å². The minimum absolute atomic E-state index is 0.255. The first-order valence-corrected chi connectivity index (χ1v) is 17.3. The number of hydrogen-bond donors (Lipinski definition) is 4. The van der Waals surface area contributed by atoms with Crippen LogP contribution in [0.1, 0.15) is 62.2 Å². The minimum atomic E-state index is -0.417. The van der Waals surface area contributed by atoms with Crippen LogP contribution in [0.5, 0.6) is 0 Å². The smallest absolute Gasteiger partial charge is 0.274 e. The molecule has 15 heteroatoms. The topological polar surface area (TPSA) is 161 Å². The number of carbonyl (C=O) groups is 3. The predicted octanol–water partition coefficient (Wildman–Crippen LogP) is 4.67. The number of morpholine rings is 1. The molecule has 4 aromatic rings. The summed E-state index contributed by atoms with van der Waals surface area (Å²) in [5.41, 5.74) is 8.80. The molecule has 1 saturated heterocycles. The molecule has 0 spiro atoms. The molecule has 0 unspecified atom stereocenters. The molecule has 0 aliphatic carbocycles. The average Bonchev–Trinajstić information content (AvgIpc) is 3.76. The number of halogens is 1. The van der Waals surface area contributed by atoms with Crippen LogP contribution in [0.2, 0.25) is 5.02 Å². The van der Waals surface area contributed by atoms with Gasteiger partial charge in [0.05, 0.1) is 24.6 Å². The van der Waals surface area contributed by atoms with Crippen molar-refractivity contribution in [2.75, 3.05) is 50.0 Å². The summed E-state index contributed by atoms with van der Waals surface area (Å²) in [5, 5.41) is 9.62. The Morgan fingerprint density at radius 3 is 2.39 bits per heavy atom. The molecule has 49 heavy (non-hydrogen) atoms. The molecule has 3 aromatic heterocycles. The van der Waals surface area contributed by atoms with Gasteiger partial charge in [-0.3, -0.25) is 24.6 Å². The average molecular weight is 708 g/mol. The highest BCUT2D eigenvalue weighted by Crippen LogP contribution is 2.27. The number of aryl methyl sites for hydroxylation is 3. The lowest BCUT2D eigenvalue weighted by molar-refractivity contribution is 0.0383. The Morgan fingerprint density at radius 2 is 1.67 bits per heavy atom. The fourth-order valence-corrected chi connectivity index (χ4v) is 6.38. The number of benzene rings is 1. The molecule has 4 heterocycles. The van der Waals surface area contributed by atoms with Crippen LogP contribution in [0.25, 0.3) is 0 Å². The van der Waals surface area contributed by atoms with E-state index in [-0.39, 0.29) is 17.6 Å². The van der Waals surface area contributed by atoms with Crippen LogP contribution in [0.3, 0.4) is 0 Å². The number of nitrogens with zero attached hydrogens (tertiary/aromatic N) is 5. The quantitative estimate of drug-likeness (QED) is 0.116. The molecule has 1 fully saturated rings. The number of nitrogens with one attached hydrogen (secondary N) is 3. The van der Waals surface area contributed by atoms with Gasteiger partial charge in [-0.1, -0.05) is 25.4 Å². The van der Waals surface area contributed by atoms with Crippen molar-refractivity contribution in [3.05, 3.63) is 81.3 Å². The van der Waals surface area contributed by atoms with Crippen LogP contribution in [-0.4, -0.2) is 82.0 Å². The van der Waals surface area contributed by atoms with Gasteiger partial charge in [0.25, 0.3) is 17.7 Å². The normalized spacial score (nSPS) is 13.9. The molecule has 5 rings (SSSR count). The van der Waals surface area contributed by atoms with Gasteiger partial charge in [0.1, 0.15) is 22.9 Å². The molecule has 1 aliphatic heterocycles. The van der Waals surface area contributed by atoms with Crippen LogP contribution < -0.4 is 21.7 Å². The molecule has 260 valence electrons. The molecule has 5 N–H and O–H groups in total. The van der Waals surface area contributed by atoms with Crippen LogP contribution >= 0.6 is 22.9 Å². The van der Waals surface area contributed by atoms with Crippen molar-refractivity contribution in [3.8, 4) is 0 Å². The number of aromatic nitrogens is 3. The summed E-state index contributed by atoms with van der Waals surface area (Å²) in [6.45, 7) is 8.56. The zero-order valence-corrected chi connectivity index (χ0v) is 29.7. The van der Waals surface area contributed by atoms with Gasteiger partial charge in [-0.2, -0.15) is 0 Å². The first kappa shape index (κ1) is 35.8. The minimum Gasteiger partial charge on any atom is -0.383 e. The van der Waals surface area contributed by atoms with E-state index in [9.17, 15) is 14.4 Å². The Balaban J connectivity index is 1.23. The van der Waals surface area contributed by atoms with Crippen molar-refractivity contribution in [2.24, 2.45) is 30.7 Å². The maximum absolute atomic E-state index is 13.4. The van der Waals surface area contributed by atoms with Gasteiger partial charge >= 0.3 is 0 Å². The summed E-state index contributed by atoms with van der Waals surface area (Å²) in [4.78, 5) is 51.8. The number of ether oxygens (including phenoxy) is 1. The molecular formula is C34H42ClN9O4S. The second-order valence-corrected chi connectivity index (χ2v) is 13.8.